The number of nitrogens with one attached hydrogen (secondary N) is 3. The molecule has 4 rings (SSSR count). The standard InChI is InChI=1S/C30H27ClN4O2S/c1-18-8-7-11-25(19(18)2)35-26(36)17-38-30-24(16-32)28(21-9-5-4-6-10-21)27(20(3)33-30)29(37)34-23-14-12-22(31)13-15-23/h4-15,28,33H,17H2,1-3H3,(H,34,37)(H,35,36)/t28-/m1/s1. The lowest BCUT2D eigenvalue weighted by molar-refractivity contribution is -0.114. The molecule has 0 bridgehead atoms. The van der Waals surface area contributed by atoms with Gasteiger partial charge in [-0.05, 0) is 67.8 Å². The van der Waals surface area contributed by atoms with Crippen LogP contribution in [0.2, 0.25) is 5.02 Å². The molecule has 1 aliphatic rings. The molecule has 6 nitrogen and oxygen atoms in total. The first-order valence-corrected chi connectivity index (χ1v) is 13.4. The molecule has 192 valence electrons. The summed E-state index contributed by atoms with van der Waals surface area (Å²) >= 11 is 7.23. The van der Waals surface area contributed by atoms with Gasteiger partial charge in [0.1, 0.15) is 0 Å². The first kappa shape index (κ1) is 27.1. The third-order valence-electron chi connectivity index (χ3n) is 6.35. The van der Waals surface area contributed by atoms with Gasteiger partial charge in [0.15, 0.2) is 0 Å². The van der Waals surface area contributed by atoms with Crippen molar-refractivity contribution in [1.82, 2.24) is 5.32 Å². The highest BCUT2D eigenvalue weighted by molar-refractivity contribution is 8.03. The second-order valence-electron chi connectivity index (χ2n) is 8.91. The van der Waals surface area contributed by atoms with E-state index in [1.54, 1.807) is 31.2 Å². The number of rotatable bonds is 7. The zero-order valence-corrected chi connectivity index (χ0v) is 22.8. The molecule has 8 heteroatoms. The van der Waals surface area contributed by atoms with Crippen LogP contribution in [0.25, 0.3) is 0 Å². The van der Waals surface area contributed by atoms with Crippen LogP contribution in [0.4, 0.5) is 11.4 Å². The number of hydrogen-bond donors (Lipinski definition) is 3. The molecule has 0 unspecified atom stereocenters. The SMILES string of the molecule is CC1=C(C(=O)Nc2ccc(Cl)cc2)[C@H](c2ccccc2)C(C#N)=C(SCC(=O)Nc2cccc(C)c2C)N1. The molecule has 0 saturated heterocycles. The second kappa shape index (κ2) is 12.0. The maximum atomic E-state index is 13.5. The lowest BCUT2D eigenvalue weighted by atomic mass is 9.82. The molecule has 3 N–H and O–H groups in total. The Kier molecular flexibility index (Phi) is 8.57. The number of benzene rings is 3. The summed E-state index contributed by atoms with van der Waals surface area (Å²) in [7, 11) is 0. The van der Waals surface area contributed by atoms with E-state index in [4.69, 9.17) is 11.6 Å². The zero-order valence-electron chi connectivity index (χ0n) is 21.3. The quantitative estimate of drug-likeness (QED) is 0.310. The van der Waals surface area contributed by atoms with Crippen LogP contribution in [-0.4, -0.2) is 17.6 Å². The van der Waals surface area contributed by atoms with Gasteiger partial charge in [-0.3, -0.25) is 9.59 Å². The van der Waals surface area contributed by atoms with Gasteiger partial charge in [0, 0.05) is 27.7 Å². The highest BCUT2D eigenvalue weighted by Crippen LogP contribution is 2.41. The Morgan fingerprint density at radius 3 is 2.37 bits per heavy atom. The number of anilines is 2. The van der Waals surface area contributed by atoms with Crippen LogP contribution in [0, 0.1) is 25.2 Å². The van der Waals surface area contributed by atoms with Crippen LogP contribution in [0.15, 0.2) is 94.7 Å². The minimum Gasteiger partial charge on any atom is -0.353 e. The molecule has 0 aliphatic carbocycles. The van der Waals surface area contributed by atoms with E-state index in [2.05, 4.69) is 22.0 Å². The van der Waals surface area contributed by atoms with Crippen molar-refractivity contribution in [2.75, 3.05) is 16.4 Å². The topological polar surface area (TPSA) is 94.0 Å². The van der Waals surface area contributed by atoms with Gasteiger partial charge in [-0.25, -0.2) is 0 Å². The average Bonchev–Trinajstić information content (AvgIpc) is 2.91. The number of carbonyl (C=O) groups is 2. The molecule has 0 fully saturated rings. The predicted octanol–water partition coefficient (Wildman–Crippen LogP) is 6.66. The van der Waals surface area contributed by atoms with Crippen molar-refractivity contribution >= 4 is 46.6 Å². The second-order valence-corrected chi connectivity index (χ2v) is 10.3. The number of aryl methyl sites for hydroxylation is 1. The summed E-state index contributed by atoms with van der Waals surface area (Å²) in [5.41, 5.74) is 5.70. The molecule has 2 amide bonds. The van der Waals surface area contributed by atoms with Crippen LogP contribution in [-0.2, 0) is 9.59 Å². The van der Waals surface area contributed by atoms with Crippen molar-refractivity contribution in [2.45, 2.75) is 26.7 Å². The van der Waals surface area contributed by atoms with Crippen LogP contribution >= 0.6 is 23.4 Å². The number of dihydropyridines is 1. The van der Waals surface area contributed by atoms with Crippen LogP contribution in [0.3, 0.4) is 0 Å². The lowest BCUT2D eigenvalue weighted by Crippen LogP contribution is -2.31. The normalized spacial score (nSPS) is 15.0. The molecular formula is C30H27ClN4O2S. The van der Waals surface area contributed by atoms with E-state index < -0.39 is 5.92 Å². The Hall–Kier alpha value is -3.99. The van der Waals surface area contributed by atoms with E-state index in [0.29, 0.717) is 32.6 Å². The van der Waals surface area contributed by atoms with Crippen LogP contribution in [0.1, 0.15) is 29.5 Å². The molecule has 0 aromatic heterocycles. The van der Waals surface area contributed by atoms with E-state index in [1.807, 2.05) is 62.4 Å². The molecular weight excluding hydrogens is 516 g/mol. The first-order chi connectivity index (χ1) is 18.3. The third kappa shape index (κ3) is 6.10. The molecule has 1 heterocycles. The Bertz CT molecular complexity index is 1470. The third-order valence-corrected chi connectivity index (χ3v) is 7.62. The molecule has 0 saturated carbocycles. The van der Waals surface area contributed by atoms with Gasteiger partial charge in [-0.1, -0.05) is 65.8 Å². The Labute approximate surface area is 231 Å². The highest BCUT2D eigenvalue weighted by Gasteiger charge is 2.34. The molecule has 3 aromatic rings. The summed E-state index contributed by atoms with van der Waals surface area (Å²) in [6.07, 6.45) is 0. The summed E-state index contributed by atoms with van der Waals surface area (Å²) in [5.74, 6) is -1.00. The van der Waals surface area contributed by atoms with Gasteiger partial charge in [0.2, 0.25) is 5.91 Å². The fraction of sp³-hybridized carbons (Fsp3) is 0.167. The number of allylic oxidation sites excluding steroid dienone is 2. The largest absolute Gasteiger partial charge is 0.353 e. The van der Waals surface area contributed by atoms with Crippen molar-refractivity contribution < 1.29 is 9.59 Å². The van der Waals surface area contributed by atoms with Crippen LogP contribution < -0.4 is 16.0 Å². The first-order valence-electron chi connectivity index (χ1n) is 12.0. The van der Waals surface area contributed by atoms with E-state index in [-0.39, 0.29) is 17.6 Å². The minimum absolute atomic E-state index is 0.0992. The van der Waals surface area contributed by atoms with Gasteiger partial charge in [0.25, 0.3) is 5.91 Å². The van der Waals surface area contributed by atoms with Gasteiger partial charge in [-0.15, -0.1) is 0 Å². The number of nitrogens with zero attached hydrogens (tertiary/aromatic N) is 1. The maximum absolute atomic E-state index is 13.5. The van der Waals surface area contributed by atoms with E-state index in [9.17, 15) is 14.9 Å². The molecule has 3 aromatic carbocycles. The zero-order chi connectivity index (χ0) is 27.2. The monoisotopic (exact) mass is 542 g/mol. The molecule has 38 heavy (non-hydrogen) atoms. The summed E-state index contributed by atoms with van der Waals surface area (Å²) in [4.78, 5) is 26.3. The summed E-state index contributed by atoms with van der Waals surface area (Å²) in [6.45, 7) is 5.76. The van der Waals surface area contributed by atoms with Gasteiger partial charge < -0.3 is 16.0 Å². The van der Waals surface area contributed by atoms with Gasteiger partial charge >= 0.3 is 0 Å². The van der Waals surface area contributed by atoms with Crippen LogP contribution in [0.5, 0.6) is 0 Å². The van der Waals surface area contributed by atoms with Crippen molar-refractivity contribution in [1.29, 1.82) is 5.26 Å². The van der Waals surface area contributed by atoms with Crippen molar-refractivity contribution in [3.05, 3.63) is 116 Å². The summed E-state index contributed by atoms with van der Waals surface area (Å²) in [5, 5.41) is 20.5. The number of nitriles is 1. The fourth-order valence-corrected chi connectivity index (χ4v) is 5.27. The lowest BCUT2D eigenvalue weighted by Gasteiger charge is -2.30. The highest BCUT2D eigenvalue weighted by atomic mass is 35.5. The fourth-order valence-electron chi connectivity index (χ4n) is 4.25. The van der Waals surface area contributed by atoms with E-state index in [1.165, 1.54) is 11.8 Å². The minimum atomic E-state index is -0.598. The van der Waals surface area contributed by atoms with E-state index in [0.717, 1.165) is 22.4 Å². The maximum Gasteiger partial charge on any atom is 0.254 e. The molecule has 1 aliphatic heterocycles. The number of halogens is 1. The number of amides is 2. The Balaban J connectivity index is 1.61. The van der Waals surface area contributed by atoms with Crippen molar-refractivity contribution in [3.8, 4) is 6.07 Å². The van der Waals surface area contributed by atoms with E-state index >= 15 is 0 Å². The van der Waals surface area contributed by atoms with Gasteiger partial charge in [-0.2, -0.15) is 5.26 Å². The Morgan fingerprint density at radius 1 is 0.974 bits per heavy atom. The Morgan fingerprint density at radius 2 is 1.68 bits per heavy atom. The smallest absolute Gasteiger partial charge is 0.254 e. The number of hydrogen-bond acceptors (Lipinski definition) is 5. The number of carbonyl (C=O) groups excluding carboxylic acids is 2. The number of thioether (sulfide) groups is 1. The predicted molar refractivity (Wildman–Crippen MR) is 155 cm³/mol. The summed E-state index contributed by atoms with van der Waals surface area (Å²) in [6, 6.07) is 24.3. The van der Waals surface area contributed by atoms with Crippen molar-refractivity contribution in [2.24, 2.45) is 0 Å². The van der Waals surface area contributed by atoms with Gasteiger partial charge in [0.05, 0.1) is 28.3 Å². The summed E-state index contributed by atoms with van der Waals surface area (Å²) < 4.78 is 0. The molecule has 1 atom stereocenters. The molecule has 0 spiro atoms. The average molecular weight is 543 g/mol. The molecule has 0 radical (unpaired) electrons. The van der Waals surface area contributed by atoms with Crippen molar-refractivity contribution in [3.63, 3.8) is 0 Å².